The van der Waals surface area contributed by atoms with Crippen LogP contribution in [0.25, 0.3) is 16.5 Å². The van der Waals surface area contributed by atoms with Crippen molar-refractivity contribution in [2.24, 2.45) is 0 Å². The van der Waals surface area contributed by atoms with E-state index in [-0.39, 0.29) is 17.5 Å². The van der Waals surface area contributed by atoms with Crippen LogP contribution in [0.4, 0.5) is 0 Å². The summed E-state index contributed by atoms with van der Waals surface area (Å²) >= 11 is 3.40. The minimum absolute atomic E-state index is 0.148. The number of fused-ring (bicyclic) bond motifs is 2. The first kappa shape index (κ1) is 20.1. The smallest absolute Gasteiger partial charge is 0.279 e. The molecule has 5 nitrogen and oxygen atoms in total. The molecule has 0 aliphatic carbocycles. The lowest BCUT2D eigenvalue weighted by Crippen LogP contribution is -2.41. The summed E-state index contributed by atoms with van der Waals surface area (Å²) in [7, 11) is 0. The maximum absolute atomic E-state index is 14.1. The Morgan fingerprint density at radius 3 is 2.45 bits per heavy atom. The summed E-state index contributed by atoms with van der Waals surface area (Å²) in [5.74, 6) is -0.161. The molecular weight excluding hydrogens is 450 g/mol. The number of carbonyl (C=O) groups is 1. The van der Waals surface area contributed by atoms with Gasteiger partial charge in [0.15, 0.2) is 5.69 Å². The van der Waals surface area contributed by atoms with Gasteiger partial charge in [-0.05, 0) is 53.1 Å². The van der Waals surface area contributed by atoms with Crippen molar-refractivity contribution in [3.05, 3.63) is 115 Å². The Kier molecular flexibility index (Phi) is 4.93. The average molecular weight is 470 g/mol. The molecule has 1 aliphatic heterocycles. The quantitative estimate of drug-likeness (QED) is 0.360. The van der Waals surface area contributed by atoms with E-state index >= 15 is 0 Å². The topological polar surface area (TPSA) is 55.2 Å². The van der Waals surface area contributed by atoms with Gasteiger partial charge in [-0.2, -0.15) is 9.78 Å². The predicted octanol–water partition coefficient (Wildman–Crippen LogP) is 5.30. The zero-order chi connectivity index (χ0) is 22.4. The van der Waals surface area contributed by atoms with Crippen LogP contribution < -0.4 is 5.56 Å². The lowest BCUT2D eigenvalue weighted by atomic mass is 9.97. The average Bonchev–Trinajstić information content (AvgIpc) is 3.56. The lowest BCUT2D eigenvalue weighted by molar-refractivity contribution is 0.0693. The molecule has 0 saturated carbocycles. The van der Waals surface area contributed by atoms with Crippen LogP contribution in [0.3, 0.4) is 0 Å². The summed E-state index contributed by atoms with van der Waals surface area (Å²) in [6.07, 6.45) is 0.816. The van der Waals surface area contributed by atoms with Crippen LogP contribution in [-0.2, 0) is 6.42 Å². The van der Waals surface area contributed by atoms with Crippen LogP contribution in [0, 0.1) is 0 Å². The van der Waals surface area contributed by atoms with Crippen molar-refractivity contribution in [2.75, 3.05) is 6.54 Å². The number of hydrogen-bond donors (Lipinski definition) is 0. The Labute approximate surface area is 198 Å². The number of amides is 1. The number of benzene rings is 2. The highest BCUT2D eigenvalue weighted by atomic mass is 32.1. The highest BCUT2D eigenvalue weighted by Crippen LogP contribution is 2.40. The minimum Gasteiger partial charge on any atom is -0.325 e. The molecule has 0 spiro atoms. The molecule has 4 heterocycles. The Morgan fingerprint density at radius 2 is 1.67 bits per heavy atom. The first-order valence-corrected chi connectivity index (χ1v) is 12.5. The predicted molar refractivity (Wildman–Crippen MR) is 133 cm³/mol. The van der Waals surface area contributed by atoms with Gasteiger partial charge in [-0.3, -0.25) is 9.59 Å². The van der Waals surface area contributed by atoms with Crippen LogP contribution in [0.5, 0.6) is 0 Å². The normalized spacial score (nSPS) is 15.5. The monoisotopic (exact) mass is 469 g/mol. The van der Waals surface area contributed by atoms with Crippen LogP contribution in [0.1, 0.15) is 31.8 Å². The summed E-state index contributed by atoms with van der Waals surface area (Å²) in [5, 5.41) is 9.84. The number of hydrogen-bond acceptors (Lipinski definition) is 5. The molecule has 33 heavy (non-hydrogen) atoms. The zero-order valence-electron chi connectivity index (χ0n) is 17.5. The van der Waals surface area contributed by atoms with Crippen LogP contribution in [-0.4, -0.2) is 27.1 Å². The fourth-order valence-electron chi connectivity index (χ4n) is 4.52. The molecule has 0 fully saturated rings. The molecule has 1 atom stereocenters. The number of rotatable bonds is 3. The maximum Gasteiger partial charge on any atom is 0.279 e. The Bertz CT molecular complexity index is 1520. The number of nitrogens with zero attached hydrogens (tertiary/aromatic N) is 3. The SMILES string of the molecule is O=C(c1nn(-c2ccccc2)c(=O)c2ccccc12)N1CCc2sccc2C1c1cccs1. The second kappa shape index (κ2) is 8.10. The third-order valence-corrected chi connectivity index (χ3v) is 7.97. The van der Waals surface area contributed by atoms with E-state index in [1.165, 1.54) is 15.1 Å². The van der Waals surface area contributed by atoms with Gasteiger partial charge in [-0.15, -0.1) is 22.7 Å². The van der Waals surface area contributed by atoms with E-state index in [4.69, 9.17) is 0 Å². The number of thiophene rings is 2. The maximum atomic E-state index is 14.1. The molecule has 7 heteroatoms. The standard InChI is InChI=1S/C26H19N3O2S2/c30-25-19-10-5-4-9-18(19)23(27-29(25)17-7-2-1-3-8-17)26(31)28-14-12-21-20(13-16-33-21)24(28)22-11-6-15-32-22/h1-11,13,15-16,24H,12,14H2. The third-order valence-electron chi connectivity index (χ3n) is 6.05. The summed E-state index contributed by atoms with van der Waals surface area (Å²) < 4.78 is 1.34. The second-order valence-corrected chi connectivity index (χ2v) is 9.89. The fourth-order valence-corrected chi connectivity index (χ4v) is 6.27. The van der Waals surface area contributed by atoms with Crippen molar-refractivity contribution >= 4 is 39.4 Å². The molecule has 162 valence electrons. The second-order valence-electron chi connectivity index (χ2n) is 7.91. The van der Waals surface area contributed by atoms with Gasteiger partial charge in [0.2, 0.25) is 0 Å². The van der Waals surface area contributed by atoms with Crippen molar-refractivity contribution in [3.8, 4) is 5.69 Å². The van der Waals surface area contributed by atoms with Crippen LogP contribution in [0.2, 0.25) is 0 Å². The van der Waals surface area contributed by atoms with Crippen molar-refractivity contribution in [2.45, 2.75) is 12.5 Å². The van der Waals surface area contributed by atoms with Gasteiger partial charge in [0.25, 0.3) is 11.5 Å². The first-order valence-electron chi connectivity index (χ1n) is 10.7. The first-order chi connectivity index (χ1) is 16.2. The van der Waals surface area contributed by atoms with E-state index in [0.29, 0.717) is 28.7 Å². The fraction of sp³-hybridized carbons (Fsp3) is 0.115. The van der Waals surface area contributed by atoms with Gasteiger partial charge in [0, 0.05) is 21.7 Å². The molecule has 0 saturated heterocycles. The van der Waals surface area contributed by atoms with Gasteiger partial charge in [-0.25, -0.2) is 0 Å². The molecule has 2 aromatic carbocycles. The molecule has 1 amide bonds. The van der Waals surface area contributed by atoms with E-state index in [1.54, 1.807) is 28.7 Å². The van der Waals surface area contributed by atoms with Crippen molar-refractivity contribution in [1.82, 2.24) is 14.7 Å². The van der Waals surface area contributed by atoms with Gasteiger partial charge >= 0.3 is 0 Å². The third kappa shape index (κ3) is 3.32. The Hall–Kier alpha value is -3.55. The van der Waals surface area contributed by atoms with E-state index in [2.05, 4.69) is 22.6 Å². The number of para-hydroxylation sites is 1. The van der Waals surface area contributed by atoms with Gasteiger partial charge in [0.05, 0.1) is 17.1 Å². The molecular formula is C26H19N3O2S2. The number of carbonyl (C=O) groups excluding carboxylic acids is 1. The summed E-state index contributed by atoms with van der Waals surface area (Å²) in [6.45, 7) is 0.607. The summed E-state index contributed by atoms with van der Waals surface area (Å²) in [4.78, 5) is 31.7. The summed E-state index contributed by atoms with van der Waals surface area (Å²) in [5.41, 5.74) is 1.88. The number of aromatic nitrogens is 2. The van der Waals surface area contributed by atoms with Crippen molar-refractivity contribution in [3.63, 3.8) is 0 Å². The highest BCUT2D eigenvalue weighted by molar-refractivity contribution is 7.10. The van der Waals surface area contributed by atoms with E-state index < -0.39 is 0 Å². The van der Waals surface area contributed by atoms with E-state index in [0.717, 1.165) is 11.3 Å². The van der Waals surface area contributed by atoms with Crippen molar-refractivity contribution < 1.29 is 4.79 Å². The Balaban J connectivity index is 1.54. The molecule has 0 N–H and O–H groups in total. The van der Waals surface area contributed by atoms with Gasteiger partial charge in [-0.1, -0.05) is 42.5 Å². The molecule has 5 aromatic rings. The van der Waals surface area contributed by atoms with Crippen LogP contribution >= 0.6 is 22.7 Å². The largest absolute Gasteiger partial charge is 0.325 e. The molecule has 0 bridgehead atoms. The minimum atomic E-state index is -0.234. The highest BCUT2D eigenvalue weighted by Gasteiger charge is 2.35. The van der Waals surface area contributed by atoms with E-state index in [9.17, 15) is 9.59 Å². The molecule has 0 radical (unpaired) electrons. The molecule has 1 unspecified atom stereocenters. The lowest BCUT2D eigenvalue weighted by Gasteiger charge is -2.35. The molecule has 6 rings (SSSR count). The Morgan fingerprint density at radius 1 is 0.879 bits per heavy atom. The molecule has 1 aliphatic rings. The zero-order valence-corrected chi connectivity index (χ0v) is 19.2. The van der Waals surface area contributed by atoms with E-state index in [1.807, 2.05) is 64.9 Å². The van der Waals surface area contributed by atoms with Gasteiger partial charge < -0.3 is 4.90 Å². The van der Waals surface area contributed by atoms with Gasteiger partial charge in [0.1, 0.15) is 0 Å². The molecule has 3 aromatic heterocycles. The van der Waals surface area contributed by atoms with Crippen molar-refractivity contribution in [1.29, 1.82) is 0 Å². The van der Waals surface area contributed by atoms with Crippen LogP contribution in [0.15, 0.2) is 88.4 Å². The summed E-state index contributed by atoms with van der Waals surface area (Å²) in [6, 6.07) is 22.6.